The molecule has 0 amide bonds. The van der Waals surface area contributed by atoms with Crippen LogP contribution in [0.1, 0.15) is 54.4 Å². The fraction of sp³-hybridized carbons (Fsp3) is 0.708. The second-order valence-corrected chi connectivity index (χ2v) is 16.5. The lowest BCUT2D eigenvalue weighted by molar-refractivity contribution is -0.133. The van der Waals surface area contributed by atoms with E-state index in [0.29, 0.717) is 6.61 Å². The van der Waals surface area contributed by atoms with Crippen LogP contribution in [0.15, 0.2) is 30.3 Å². The Kier molecular flexibility index (Phi) is 12.7. The van der Waals surface area contributed by atoms with Gasteiger partial charge in [-0.05, 0) is 69.5 Å². The summed E-state index contributed by atoms with van der Waals surface area (Å²) in [5.41, 5.74) is 1.05. The maximum absolute atomic E-state index is 12.9. The Hall–Kier alpha value is -1.16. The molecule has 0 saturated heterocycles. The molecule has 0 N–H and O–H groups in total. The van der Waals surface area contributed by atoms with E-state index in [1.807, 2.05) is 25.1 Å². The molecule has 0 aliphatic carbocycles. The fourth-order valence-electron chi connectivity index (χ4n) is 3.90. The van der Waals surface area contributed by atoms with E-state index in [-0.39, 0.29) is 18.6 Å². The molecule has 2 atom stereocenters. The predicted octanol–water partition coefficient (Wildman–Crippen LogP) is 6.36. The number of carbonyl (C=O) groups is 1. The quantitative estimate of drug-likeness (QED) is 0.265. The summed E-state index contributed by atoms with van der Waals surface area (Å²) in [6, 6.07) is 14.0. The highest BCUT2D eigenvalue weighted by atomic mass is 28.4. The van der Waals surface area contributed by atoms with E-state index in [0.717, 1.165) is 49.3 Å². The number of rotatable bonds is 16. The minimum Gasteiger partial charge on any atom is -0.518 e. The summed E-state index contributed by atoms with van der Waals surface area (Å²) < 4.78 is 18.5. The molecule has 7 heteroatoms. The minimum atomic E-state index is -2.23. The molecule has 5 nitrogen and oxygen atoms in total. The zero-order valence-electron chi connectivity index (χ0n) is 20.9. The third-order valence-corrected chi connectivity index (χ3v) is 13.8. The molecule has 2 unspecified atom stereocenters. The summed E-state index contributed by atoms with van der Waals surface area (Å²) in [5.74, 6) is -0.0956. The van der Waals surface area contributed by atoms with Gasteiger partial charge in [0.25, 0.3) is 8.32 Å². The Morgan fingerprint density at radius 1 is 1.03 bits per heavy atom. The first kappa shape index (κ1) is 27.9. The average Bonchev–Trinajstić information content (AvgIpc) is 2.77. The van der Waals surface area contributed by atoms with Gasteiger partial charge in [0.1, 0.15) is 6.54 Å². The zero-order chi connectivity index (χ0) is 23.3. The van der Waals surface area contributed by atoms with Gasteiger partial charge in [-0.25, -0.2) is 0 Å². The van der Waals surface area contributed by atoms with Crippen LogP contribution in [0, 0.1) is 0 Å². The summed E-state index contributed by atoms with van der Waals surface area (Å²) in [6.07, 6.45) is 2.10. The van der Waals surface area contributed by atoms with Crippen LogP contribution in [0.4, 0.5) is 5.69 Å². The molecule has 1 aromatic carbocycles. The second-order valence-electron chi connectivity index (χ2n) is 8.48. The van der Waals surface area contributed by atoms with Gasteiger partial charge in [0, 0.05) is 24.9 Å². The average molecular weight is 468 g/mol. The zero-order valence-corrected chi connectivity index (χ0v) is 22.9. The van der Waals surface area contributed by atoms with Crippen molar-refractivity contribution >= 4 is 28.5 Å². The fourth-order valence-corrected chi connectivity index (χ4v) is 9.14. The van der Waals surface area contributed by atoms with Gasteiger partial charge >= 0.3 is 14.5 Å². The molecular weight excluding hydrogens is 422 g/mol. The molecule has 1 aromatic rings. The molecule has 1 rings (SSSR count). The van der Waals surface area contributed by atoms with Crippen molar-refractivity contribution in [3.05, 3.63) is 30.3 Å². The molecule has 0 heterocycles. The van der Waals surface area contributed by atoms with Crippen LogP contribution in [0.3, 0.4) is 0 Å². The van der Waals surface area contributed by atoms with Gasteiger partial charge in [-0.3, -0.25) is 4.79 Å². The third-order valence-electron chi connectivity index (χ3n) is 6.24. The van der Waals surface area contributed by atoms with Gasteiger partial charge in [0.05, 0.1) is 0 Å². The van der Waals surface area contributed by atoms with Crippen molar-refractivity contribution in [1.82, 2.24) is 0 Å². The van der Waals surface area contributed by atoms with Gasteiger partial charge in [-0.15, -0.1) is 0 Å². The summed E-state index contributed by atoms with van der Waals surface area (Å²) in [7, 11) is -4.18. The van der Waals surface area contributed by atoms with Crippen LogP contribution >= 0.6 is 0 Å². The molecule has 0 aliphatic rings. The molecule has 0 fully saturated rings. The lowest BCUT2D eigenvalue weighted by atomic mass is 10.2. The summed E-state index contributed by atoms with van der Waals surface area (Å²) in [6.45, 7) is 16.6. The Balaban J connectivity index is 2.85. The molecule has 0 spiro atoms. The Labute approximate surface area is 192 Å². The first-order chi connectivity index (χ1) is 14.8. The second kappa shape index (κ2) is 14.1. The Morgan fingerprint density at radius 2 is 1.65 bits per heavy atom. The number of para-hydroxylation sites is 1. The van der Waals surface area contributed by atoms with Crippen LogP contribution in [-0.4, -0.2) is 48.6 Å². The largest absolute Gasteiger partial charge is 0.518 e. The number of nitrogens with zero attached hydrogens (tertiary/aromatic N) is 1. The highest BCUT2D eigenvalue weighted by molar-refractivity contribution is 6.75. The van der Waals surface area contributed by atoms with Crippen LogP contribution in [0.25, 0.3) is 0 Å². The minimum absolute atomic E-state index is 0.0956. The summed E-state index contributed by atoms with van der Waals surface area (Å²) in [5, 5.41) is 0. The van der Waals surface area contributed by atoms with Gasteiger partial charge in [-0.1, -0.05) is 45.9 Å². The van der Waals surface area contributed by atoms with Gasteiger partial charge < -0.3 is 18.2 Å². The van der Waals surface area contributed by atoms with Crippen LogP contribution in [-0.2, 0) is 18.1 Å². The van der Waals surface area contributed by atoms with E-state index < -0.39 is 16.9 Å². The van der Waals surface area contributed by atoms with E-state index >= 15 is 0 Å². The van der Waals surface area contributed by atoms with E-state index in [2.05, 4.69) is 58.2 Å². The molecule has 178 valence electrons. The van der Waals surface area contributed by atoms with Crippen molar-refractivity contribution < 1.29 is 18.1 Å². The number of anilines is 1. The highest BCUT2D eigenvalue weighted by Gasteiger charge is 2.34. The SMILES string of the molecule is CCO[Si](C)(CCCN(CC(=O)O[Si](CC)(CC)CC)c1ccccc1)OC(C)CC. The van der Waals surface area contributed by atoms with Crippen molar-refractivity contribution in [3.8, 4) is 0 Å². The number of hydrogen-bond acceptors (Lipinski definition) is 5. The van der Waals surface area contributed by atoms with Crippen molar-refractivity contribution in [2.45, 2.75) is 91.2 Å². The topological polar surface area (TPSA) is 48.0 Å². The van der Waals surface area contributed by atoms with Crippen molar-refractivity contribution in [1.29, 1.82) is 0 Å². The van der Waals surface area contributed by atoms with E-state index in [1.54, 1.807) is 0 Å². The van der Waals surface area contributed by atoms with Crippen LogP contribution < -0.4 is 4.90 Å². The molecule has 0 aliphatic heterocycles. The first-order valence-corrected chi connectivity index (χ1v) is 17.2. The van der Waals surface area contributed by atoms with Crippen molar-refractivity contribution in [3.63, 3.8) is 0 Å². The molecule has 0 saturated carbocycles. The lowest BCUT2D eigenvalue weighted by Crippen LogP contribution is -2.44. The summed E-state index contributed by atoms with van der Waals surface area (Å²) >= 11 is 0. The Morgan fingerprint density at radius 3 is 2.16 bits per heavy atom. The van der Waals surface area contributed by atoms with Gasteiger partial charge in [0.15, 0.2) is 0 Å². The van der Waals surface area contributed by atoms with E-state index in [4.69, 9.17) is 13.3 Å². The molecule has 0 radical (unpaired) electrons. The Bertz CT molecular complexity index is 619. The first-order valence-electron chi connectivity index (χ1n) is 12.1. The molecule has 0 bridgehead atoms. The number of benzene rings is 1. The highest BCUT2D eigenvalue weighted by Crippen LogP contribution is 2.24. The standard InChI is InChI=1S/C24H45NO4Si2/c1-8-22(6)28-30(7,27-9-2)20-16-19-25(23-17-14-13-15-18-23)21-24(26)29-31(10-3,11-4)12-5/h13-15,17-18,22H,8-12,16,19-21H2,1-7H3. The molecule has 0 aromatic heterocycles. The lowest BCUT2D eigenvalue weighted by Gasteiger charge is -2.32. The predicted molar refractivity (Wildman–Crippen MR) is 135 cm³/mol. The third kappa shape index (κ3) is 9.47. The monoisotopic (exact) mass is 467 g/mol. The molecular formula is C24H45NO4Si2. The smallest absolute Gasteiger partial charge is 0.335 e. The van der Waals surface area contributed by atoms with Gasteiger partial charge in [0.2, 0.25) is 0 Å². The van der Waals surface area contributed by atoms with E-state index in [1.165, 1.54) is 0 Å². The number of hydrogen-bond donors (Lipinski definition) is 0. The van der Waals surface area contributed by atoms with Gasteiger partial charge in [-0.2, -0.15) is 0 Å². The molecule has 31 heavy (non-hydrogen) atoms. The normalized spacial score (nSPS) is 14.7. The van der Waals surface area contributed by atoms with Crippen molar-refractivity contribution in [2.75, 3.05) is 24.6 Å². The maximum atomic E-state index is 12.9. The van der Waals surface area contributed by atoms with Crippen LogP contribution in [0.2, 0.25) is 30.7 Å². The number of carbonyl (C=O) groups excluding carboxylic acids is 1. The van der Waals surface area contributed by atoms with Crippen LogP contribution in [0.5, 0.6) is 0 Å². The maximum Gasteiger partial charge on any atom is 0.335 e. The van der Waals surface area contributed by atoms with Crippen molar-refractivity contribution in [2.24, 2.45) is 0 Å². The summed E-state index contributed by atoms with van der Waals surface area (Å²) in [4.78, 5) is 15.0. The van der Waals surface area contributed by atoms with E-state index in [9.17, 15) is 4.79 Å².